The first kappa shape index (κ1) is 26.0. The number of aromatic nitrogens is 2. The number of hydrogen-bond donors (Lipinski definition) is 2. The number of furan rings is 1. The van der Waals surface area contributed by atoms with E-state index in [0.717, 1.165) is 56.5 Å². The van der Waals surface area contributed by atoms with Crippen molar-refractivity contribution in [3.63, 3.8) is 0 Å². The van der Waals surface area contributed by atoms with Crippen LogP contribution in [-0.4, -0.2) is 47.0 Å². The number of halogens is 1. The van der Waals surface area contributed by atoms with Gasteiger partial charge in [0.2, 0.25) is 5.95 Å². The van der Waals surface area contributed by atoms with Gasteiger partial charge in [-0.15, -0.1) is 0 Å². The number of fused-ring (bicyclic) bond motifs is 1. The maximum atomic E-state index is 12.8. The Kier molecular flexibility index (Phi) is 7.51. The van der Waals surface area contributed by atoms with Crippen LogP contribution < -0.4 is 15.5 Å². The second-order valence-electron chi connectivity index (χ2n) is 10.1. The molecular formula is C27H31ClN6O4. The molecule has 1 aromatic carbocycles. The molecule has 2 aliphatic carbocycles. The molecule has 0 spiro atoms. The summed E-state index contributed by atoms with van der Waals surface area (Å²) < 4.78 is 5.69. The highest BCUT2D eigenvalue weighted by atomic mass is 35.5. The number of aryl methyl sites for hydroxylation is 1. The van der Waals surface area contributed by atoms with Crippen molar-refractivity contribution in [3.8, 4) is 11.3 Å². The third-order valence-electron chi connectivity index (χ3n) is 7.23. The summed E-state index contributed by atoms with van der Waals surface area (Å²) in [5.74, 6) is 1.70. The molecule has 0 unspecified atom stereocenters. The van der Waals surface area contributed by atoms with Gasteiger partial charge in [0.05, 0.1) is 16.2 Å². The second-order valence-corrected chi connectivity index (χ2v) is 10.6. The van der Waals surface area contributed by atoms with E-state index in [-0.39, 0.29) is 45.8 Å². The van der Waals surface area contributed by atoms with Gasteiger partial charge in [0.1, 0.15) is 11.6 Å². The minimum absolute atomic E-state index is 0.0146. The third-order valence-corrected chi connectivity index (χ3v) is 7.47. The monoisotopic (exact) mass is 538 g/mol. The van der Waals surface area contributed by atoms with Gasteiger partial charge in [0, 0.05) is 42.8 Å². The first-order chi connectivity index (χ1) is 18.3. The summed E-state index contributed by atoms with van der Waals surface area (Å²) in [5.41, 5.74) is 2.52. The fourth-order valence-electron chi connectivity index (χ4n) is 5.30. The molecule has 3 aromatic rings. The van der Waals surface area contributed by atoms with Crippen molar-refractivity contribution in [2.45, 2.75) is 63.5 Å². The van der Waals surface area contributed by atoms with Crippen molar-refractivity contribution in [1.29, 1.82) is 0 Å². The van der Waals surface area contributed by atoms with Crippen molar-refractivity contribution in [2.24, 2.45) is 0 Å². The number of rotatable bonds is 7. The summed E-state index contributed by atoms with van der Waals surface area (Å²) in [6.07, 6.45) is 7.74. The van der Waals surface area contributed by atoms with Gasteiger partial charge in [-0.25, -0.2) is 4.98 Å². The summed E-state index contributed by atoms with van der Waals surface area (Å²) in [7, 11) is 4.04. The number of benzene rings is 1. The molecule has 1 fully saturated rings. The number of hydrogen-bond acceptors (Lipinski definition) is 8. The summed E-state index contributed by atoms with van der Waals surface area (Å²) in [5, 5.41) is 18.2. The first-order valence-corrected chi connectivity index (χ1v) is 13.3. The summed E-state index contributed by atoms with van der Waals surface area (Å²) in [6.45, 7) is 0. The molecule has 11 heteroatoms. The number of anilines is 2. The molecule has 1 saturated carbocycles. The molecule has 0 bridgehead atoms. The fourth-order valence-corrected chi connectivity index (χ4v) is 5.47. The van der Waals surface area contributed by atoms with Gasteiger partial charge in [-0.1, -0.05) is 11.6 Å². The van der Waals surface area contributed by atoms with Crippen LogP contribution in [0.4, 0.5) is 17.5 Å². The molecule has 0 radical (unpaired) electrons. The Bertz CT molecular complexity index is 1350. The Labute approximate surface area is 225 Å². The number of nitrogens with one attached hydrogen (secondary N) is 2. The Morgan fingerprint density at radius 2 is 1.82 bits per heavy atom. The largest absolute Gasteiger partial charge is 0.451 e. The van der Waals surface area contributed by atoms with Crippen molar-refractivity contribution >= 4 is 35.0 Å². The van der Waals surface area contributed by atoms with E-state index in [2.05, 4.69) is 15.5 Å². The standard InChI is InChI=1S/C27H31ClN6O4/c1-33(2)25-19-5-3-4-6-21(19)31-27(32-25)30-18-10-8-17(9-11-18)29-26(35)24-14-13-23(38-24)20-12-7-16(28)15-22(20)34(36)37/h7,12-15,17-18H,3-6,8-11H2,1-2H3,(H,29,35)(H,30,31,32). The zero-order valence-corrected chi connectivity index (χ0v) is 22.3. The van der Waals surface area contributed by atoms with Gasteiger partial charge in [-0.05, 0) is 75.6 Å². The molecule has 38 heavy (non-hydrogen) atoms. The molecule has 5 rings (SSSR count). The highest BCUT2D eigenvalue weighted by Gasteiger charge is 2.26. The van der Waals surface area contributed by atoms with E-state index in [9.17, 15) is 14.9 Å². The number of carbonyl (C=O) groups is 1. The Balaban J connectivity index is 1.18. The van der Waals surface area contributed by atoms with Crippen LogP contribution in [0.3, 0.4) is 0 Å². The van der Waals surface area contributed by atoms with E-state index in [1.807, 2.05) is 14.1 Å². The normalized spacial score (nSPS) is 18.9. The Morgan fingerprint density at radius 3 is 2.55 bits per heavy atom. The average Bonchev–Trinajstić information content (AvgIpc) is 3.39. The van der Waals surface area contributed by atoms with E-state index in [1.165, 1.54) is 30.2 Å². The van der Waals surface area contributed by atoms with E-state index in [4.69, 9.17) is 26.0 Å². The van der Waals surface area contributed by atoms with Crippen molar-refractivity contribution in [1.82, 2.24) is 15.3 Å². The fraction of sp³-hybridized carbons (Fsp3) is 0.444. The zero-order valence-electron chi connectivity index (χ0n) is 21.5. The van der Waals surface area contributed by atoms with Crippen LogP contribution in [-0.2, 0) is 12.8 Å². The van der Waals surface area contributed by atoms with E-state index in [0.29, 0.717) is 5.95 Å². The molecule has 2 aromatic heterocycles. The van der Waals surface area contributed by atoms with E-state index in [1.54, 1.807) is 12.1 Å². The topological polar surface area (TPSA) is 126 Å². The minimum Gasteiger partial charge on any atom is -0.451 e. The third kappa shape index (κ3) is 5.60. The van der Waals surface area contributed by atoms with Crippen LogP contribution in [0.25, 0.3) is 11.3 Å². The molecule has 0 saturated heterocycles. The van der Waals surface area contributed by atoms with Gasteiger partial charge < -0.3 is 20.0 Å². The lowest BCUT2D eigenvalue weighted by Gasteiger charge is -2.30. The van der Waals surface area contributed by atoms with Crippen molar-refractivity contribution < 1.29 is 14.1 Å². The van der Waals surface area contributed by atoms with Crippen LogP contribution in [0.2, 0.25) is 5.02 Å². The molecule has 200 valence electrons. The van der Waals surface area contributed by atoms with E-state index >= 15 is 0 Å². The highest BCUT2D eigenvalue weighted by molar-refractivity contribution is 6.30. The van der Waals surface area contributed by atoms with Gasteiger partial charge in [0.15, 0.2) is 5.76 Å². The van der Waals surface area contributed by atoms with Crippen molar-refractivity contribution in [3.05, 3.63) is 62.5 Å². The van der Waals surface area contributed by atoms with Gasteiger partial charge in [-0.3, -0.25) is 14.9 Å². The van der Waals surface area contributed by atoms with Crippen LogP contribution in [0.5, 0.6) is 0 Å². The van der Waals surface area contributed by atoms with Gasteiger partial charge in [0.25, 0.3) is 11.6 Å². The number of nitro groups is 1. The van der Waals surface area contributed by atoms with Crippen molar-refractivity contribution in [2.75, 3.05) is 24.3 Å². The predicted molar refractivity (Wildman–Crippen MR) is 146 cm³/mol. The molecule has 0 atom stereocenters. The quantitative estimate of drug-likeness (QED) is 0.302. The maximum absolute atomic E-state index is 12.8. The molecule has 0 aliphatic heterocycles. The molecule has 2 aliphatic rings. The average molecular weight is 539 g/mol. The van der Waals surface area contributed by atoms with Gasteiger partial charge >= 0.3 is 0 Å². The lowest BCUT2D eigenvalue weighted by Crippen LogP contribution is -2.40. The summed E-state index contributed by atoms with van der Waals surface area (Å²) in [6, 6.07) is 7.68. The summed E-state index contributed by atoms with van der Waals surface area (Å²) >= 11 is 5.90. The first-order valence-electron chi connectivity index (χ1n) is 13.0. The number of nitrogens with zero attached hydrogens (tertiary/aromatic N) is 4. The Morgan fingerprint density at radius 1 is 1.08 bits per heavy atom. The van der Waals surface area contributed by atoms with Gasteiger partial charge in [-0.2, -0.15) is 4.98 Å². The van der Waals surface area contributed by atoms with Crippen LogP contribution in [0.15, 0.2) is 34.7 Å². The van der Waals surface area contributed by atoms with Crippen LogP contribution in [0, 0.1) is 10.1 Å². The maximum Gasteiger partial charge on any atom is 0.287 e. The molecule has 1 amide bonds. The molecule has 2 heterocycles. The van der Waals surface area contributed by atoms with Crippen LogP contribution >= 0.6 is 11.6 Å². The zero-order chi connectivity index (χ0) is 26.8. The lowest BCUT2D eigenvalue weighted by molar-refractivity contribution is -0.384. The number of amides is 1. The van der Waals surface area contributed by atoms with Crippen LogP contribution in [0.1, 0.15) is 60.3 Å². The SMILES string of the molecule is CN(C)c1nc(NC2CCC(NC(=O)c3ccc(-c4ccc(Cl)cc4[N+](=O)[O-])o3)CC2)nc2c1CCCC2. The smallest absolute Gasteiger partial charge is 0.287 e. The number of nitro benzene ring substituents is 1. The molecular weight excluding hydrogens is 508 g/mol. The molecule has 2 N–H and O–H groups in total. The molecule has 10 nitrogen and oxygen atoms in total. The number of carbonyl (C=O) groups excluding carboxylic acids is 1. The second kappa shape index (κ2) is 11.0. The highest BCUT2D eigenvalue weighted by Crippen LogP contribution is 2.34. The summed E-state index contributed by atoms with van der Waals surface area (Å²) in [4.78, 5) is 35.4. The minimum atomic E-state index is -0.521. The van der Waals surface area contributed by atoms with E-state index < -0.39 is 4.92 Å². The lowest BCUT2D eigenvalue weighted by atomic mass is 9.91. The Hall–Kier alpha value is -3.66. The predicted octanol–water partition coefficient (Wildman–Crippen LogP) is 5.40.